The van der Waals surface area contributed by atoms with Gasteiger partial charge in [-0.2, -0.15) is 0 Å². The molecule has 0 radical (unpaired) electrons. The smallest absolute Gasteiger partial charge is 0.327 e. The molecule has 56 heavy (non-hydrogen) atoms. The summed E-state index contributed by atoms with van der Waals surface area (Å²) in [5, 5.41) is 0. The van der Waals surface area contributed by atoms with Crippen molar-refractivity contribution < 1.29 is 47.8 Å². The van der Waals surface area contributed by atoms with E-state index < -0.39 is 95.6 Å². The minimum atomic E-state index is -1.47. The highest BCUT2D eigenvalue weighted by Crippen LogP contribution is 2.56. The number of nitrogens with zero attached hydrogens (tertiary/aromatic N) is 16. The lowest BCUT2D eigenvalue weighted by molar-refractivity contribution is -0.162. The Kier molecular flexibility index (Phi) is 4.87. The zero-order valence-corrected chi connectivity index (χ0v) is 30.6. The van der Waals surface area contributed by atoms with E-state index in [0.717, 1.165) is 0 Å². The number of hydrogen-bond acceptors (Lipinski definition) is 10. The van der Waals surface area contributed by atoms with Crippen molar-refractivity contribution in [3.05, 3.63) is 0 Å². The summed E-state index contributed by atoms with van der Waals surface area (Å²) in [5.74, 6) is 0. The van der Waals surface area contributed by atoms with Gasteiger partial charge in [-0.05, 0) is 27.7 Å². The molecule has 0 aromatic rings. The van der Waals surface area contributed by atoms with E-state index >= 15 is 0 Å². The zero-order valence-electron chi connectivity index (χ0n) is 30.6. The summed E-state index contributed by atoms with van der Waals surface area (Å²) in [4.78, 5) is 139. The maximum atomic E-state index is 14.9. The second-order valence-corrected chi connectivity index (χ2v) is 17.0. The van der Waals surface area contributed by atoms with Crippen molar-refractivity contribution in [3.63, 3.8) is 0 Å². The molecule has 0 N–H and O–H groups in total. The molecule has 0 spiro atoms. The molecule has 13 aliphatic rings. The molecule has 0 atom stereocenters. The fourth-order valence-corrected chi connectivity index (χ4v) is 12.3. The second kappa shape index (κ2) is 8.72. The second-order valence-electron chi connectivity index (χ2n) is 17.0. The van der Waals surface area contributed by atoms with Crippen molar-refractivity contribution in [3.8, 4) is 0 Å². The number of carbonyl (C=O) groups excluding carboxylic acids is 8. The van der Waals surface area contributed by atoms with Crippen LogP contribution in [0, 0.1) is 0 Å². The average molecular weight is 781 g/mol. The van der Waals surface area contributed by atoms with E-state index in [-0.39, 0.29) is 66.9 Å². The lowest BCUT2D eigenvalue weighted by Gasteiger charge is -2.49. The minimum absolute atomic E-state index is 0.0647. The van der Waals surface area contributed by atoms with Crippen LogP contribution in [0.3, 0.4) is 0 Å². The summed E-state index contributed by atoms with van der Waals surface area (Å²) in [5.41, 5.74) is -5.13. The first-order chi connectivity index (χ1) is 26.6. The van der Waals surface area contributed by atoms with Gasteiger partial charge in [-0.25, -0.2) is 38.4 Å². The Morgan fingerprint density at radius 3 is 1.09 bits per heavy atom. The summed E-state index contributed by atoms with van der Waals surface area (Å²) in [6.45, 7) is 4.83. The number of hydrogen-bond donors (Lipinski definition) is 0. The van der Waals surface area contributed by atoms with Crippen LogP contribution in [0.1, 0.15) is 27.7 Å². The fourth-order valence-electron chi connectivity index (χ4n) is 12.3. The molecular formula is C30H36N16O10. The van der Waals surface area contributed by atoms with Gasteiger partial charge < -0.3 is 9.47 Å². The van der Waals surface area contributed by atoms with Gasteiger partial charge in [-0.15, -0.1) is 0 Å². The highest BCUT2D eigenvalue weighted by molar-refractivity contribution is 5.93. The number of ether oxygens (including phenoxy) is 2. The van der Waals surface area contributed by atoms with Crippen LogP contribution in [0.25, 0.3) is 0 Å². The van der Waals surface area contributed by atoms with E-state index in [1.54, 1.807) is 27.7 Å². The van der Waals surface area contributed by atoms with E-state index in [1.807, 2.05) is 0 Å². The van der Waals surface area contributed by atoms with Crippen molar-refractivity contribution in [1.82, 2.24) is 78.4 Å². The Hall–Kier alpha value is -5.92. The van der Waals surface area contributed by atoms with Gasteiger partial charge in [-0.1, -0.05) is 0 Å². The molecule has 26 heteroatoms. The first kappa shape index (κ1) is 31.3. The number of carbonyl (C=O) groups is 8. The molecule has 13 rings (SSSR count). The van der Waals surface area contributed by atoms with Gasteiger partial charge in [0.05, 0.1) is 0 Å². The number of urea groups is 8. The molecular weight excluding hydrogens is 744 g/mol. The molecule has 296 valence electrons. The summed E-state index contributed by atoms with van der Waals surface area (Å²) in [6.07, 6.45) is -3.97. The van der Waals surface area contributed by atoms with E-state index in [4.69, 9.17) is 9.47 Å². The van der Waals surface area contributed by atoms with Crippen LogP contribution >= 0.6 is 0 Å². The zero-order chi connectivity index (χ0) is 38.7. The molecule has 0 unspecified atom stereocenters. The molecule has 13 heterocycles. The van der Waals surface area contributed by atoms with Crippen molar-refractivity contribution >= 4 is 48.2 Å². The molecule has 0 saturated carbocycles. The maximum Gasteiger partial charge on any atom is 0.327 e. The quantitative estimate of drug-likeness (QED) is 0.258. The molecule has 26 nitrogen and oxygen atoms in total. The fraction of sp³-hybridized carbons (Fsp3) is 0.733. The first-order valence-electron chi connectivity index (χ1n) is 18.4. The largest absolute Gasteiger partial charge is 0.340 e. The van der Waals surface area contributed by atoms with Gasteiger partial charge >= 0.3 is 48.2 Å². The van der Waals surface area contributed by atoms with Crippen LogP contribution in [-0.4, -0.2) is 241 Å². The van der Waals surface area contributed by atoms with Crippen molar-refractivity contribution in [2.75, 3.05) is 66.9 Å². The highest BCUT2D eigenvalue weighted by Gasteiger charge is 2.80. The van der Waals surface area contributed by atoms with Crippen molar-refractivity contribution in [2.45, 2.75) is 75.0 Å². The third-order valence-electron chi connectivity index (χ3n) is 15.4. The molecule has 13 saturated heterocycles. The molecule has 16 amide bonds. The highest BCUT2D eigenvalue weighted by atomic mass is 16.5. The Balaban J connectivity index is 0.922. The van der Waals surface area contributed by atoms with Crippen LogP contribution in [0.2, 0.25) is 0 Å². The molecule has 0 aromatic heterocycles. The van der Waals surface area contributed by atoms with E-state index in [2.05, 4.69) is 0 Å². The number of rotatable bonds is 0. The molecule has 13 fully saturated rings. The lowest BCUT2D eigenvalue weighted by atomic mass is 9.95. The van der Waals surface area contributed by atoms with E-state index in [1.165, 1.54) is 78.4 Å². The summed E-state index contributed by atoms with van der Waals surface area (Å²) in [6, 6.07) is -4.03. The van der Waals surface area contributed by atoms with Crippen LogP contribution in [0.15, 0.2) is 0 Å². The first-order valence-corrected chi connectivity index (χ1v) is 18.4. The SMILES string of the molecule is CC12C3N4CN5C(=O)N6CN7C(=O)N8CN9C(=O)N%10COCN%11C(=O)N(CN%12C(=O)N(CN%13C(=O)N(CN3C(=O)N1COCN2C4=O)C5(C)C6%13)C7C8%12)C9(C)C%10%11C. The topological polar surface area (TPSA) is 207 Å². The van der Waals surface area contributed by atoms with E-state index in [0.29, 0.717) is 0 Å². The minimum Gasteiger partial charge on any atom is -0.340 e. The Morgan fingerprint density at radius 2 is 0.661 bits per heavy atom. The van der Waals surface area contributed by atoms with Gasteiger partial charge in [0.15, 0.2) is 47.3 Å². The molecule has 0 aliphatic carbocycles. The monoisotopic (exact) mass is 780 g/mol. The summed E-state index contributed by atoms with van der Waals surface area (Å²) in [7, 11) is 0. The number of amides is 16. The van der Waals surface area contributed by atoms with Crippen molar-refractivity contribution in [1.29, 1.82) is 0 Å². The molecule has 0 bridgehead atoms. The van der Waals surface area contributed by atoms with Crippen LogP contribution in [0.4, 0.5) is 38.4 Å². The molecule has 0 aromatic carbocycles. The van der Waals surface area contributed by atoms with Crippen molar-refractivity contribution in [2.24, 2.45) is 0 Å². The van der Waals surface area contributed by atoms with Gasteiger partial charge in [0.1, 0.15) is 66.9 Å². The van der Waals surface area contributed by atoms with Gasteiger partial charge in [0, 0.05) is 0 Å². The predicted octanol–water partition coefficient (Wildman–Crippen LogP) is -2.27. The third kappa shape index (κ3) is 2.69. The van der Waals surface area contributed by atoms with Gasteiger partial charge in [0.2, 0.25) is 0 Å². The standard InChI is InChI=1S/C30H36N16O10/c1-27-17-35-5-31-15-16-33(19(31)47)7-41-25(53)45-13-56-14-46-26(54)42(29(41,3)30(45,46)4)8-34(16)20(48)32(15)6-36(17)22(50)40(27)10-38-18-28(2)43(11-55-12-44(28)24(38)52)23(51)37(18)9-39(27)21(35)49/h15-18H,5-14H2,1-4H3. The Morgan fingerprint density at radius 1 is 0.357 bits per heavy atom. The third-order valence-corrected chi connectivity index (χ3v) is 15.4. The summed E-state index contributed by atoms with van der Waals surface area (Å²) < 4.78 is 11.3. The van der Waals surface area contributed by atoms with Crippen LogP contribution in [-0.2, 0) is 9.47 Å². The molecule has 13 aliphatic heterocycles. The Bertz CT molecular complexity index is 1980. The van der Waals surface area contributed by atoms with Gasteiger partial charge in [-0.3, -0.25) is 78.4 Å². The maximum absolute atomic E-state index is 14.9. The summed E-state index contributed by atoms with van der Waals surface area (Å²) >= 11 is 0. The van der Waals surface area contributed by atoms with Gasteiger partial charge in [0.25, 0.3) is 0 Å². The van der Waals surface area contributed by atoms with Crippen LogP contribution < -0.4 is 0 Å². The Labute approximate surface area is 316 Å². The predicted molar refractivity (Wildman–Crippen MR) is 172 cm³/mol. The average Bonchev–Trinajstić information content (AvgIpc) is 3.89. The van der Waals surface area contributed by atoms with Crippen LogP contribution in [0.5, 0.6) is 0 Å². The van der Waals surface area contributed by atoms with E-state index in [9.17, 15) is 38.4 Å². The normalized spacial score (nSPS) is 42.5. The lowest BCUT2D eigenvalue weighted by Crippen LogP contribution is -2.70.